The number of aromatic nitrogens is 1. The maximum Gasteiger partial charge on any atom is 0.494 e. The van der Waals surface area contributed by atoms with E-state index in [4.69, 9.17) is 9.31 Å². The molecule has 0 N–H and O–H groups in total. The number of halogens is 1. The van der Waals surface area contributed by atoms with Crippen molar-refractivity contribution in [1.29, 1.82) is 0 Å². The van der Waals surface area contributed by atoms with Crippen LogP contribution in [0.3, 0.4) is 0 Å². The molecule has 0 bridgehead atoms. The lowest BCUT2D eigenvalue weighted by Crippen LogP contribution is -2.41. The number of benzene rings is 3. The second kappa shape index (κ2) is 6.46. The zero-order chi connectivity index (χ0) is 20.4. The van der Waals surface area contributed by atoms with Crippen molar-refractivity contribution in [1.82, 2.24) is 4.57 Å². The Balaban J connectivity index is 1.60. The fourth-order valence-electron chi connectivity index (χ4n) is 3.98. The Morgan fingerprint density at radius 1 is 0.759 bits per heavy atom. The summed E-state index contributed by atoms with van der Waals surface area (Å²) in [5, 5.41) is 2.49. The van der Waals surface area contributed by atoms with Crippen LogP contribution in [-0.4, -0.2) is 22.9 Å². The van der Waals surface area contributed by atoms with E-state index in [0.29, 0.717) is 0 Å². The van der Waals surface area contributed by atoms with Gasteiger partial charge in [-0.25, -0.2) is 0 Å². The van der Waals surface area contributed by atoms with Crippen molar-refractivity contribution in [3.63, 3.8) is 0 Å². The predicted molar refractivity (Wildman–Crippen MR) is 124 cm³/mol. The minimum absolute atomic E-state index is 0.337. The van der Waals surface area contributed by atoms with Crippen molar-refractivity contribution in [2.24, 2.45) is 0 Å². The average Bonchev–Trinajstić information content (AvgIpc) is 3.12. The van der Waals surface area contributed by atoms with Crippen LogP contribution in [0.4, 0.5) is 0 Å². The van der Waals surface area contributed by atoms with E-state index in [-0.39, 0.29) is 18.3 Å². The summed E-state index contributed by atoms with van der Waals surface area (Å²) in [7, 11) is -0.344. The largest absolute Gasteiger partial charge is 0.494 e. The maximum atomic E-state index is 6.20. The third-order valence-electron chi connectivity index (χ3n) is 6.31. The van der Waals surface area contributed by atoms with Gasteiger partial charge in [-0.2, -0.15) is 0 Å². The van der Waals surface area contributed by atoms with Gasteiger partial charge in [0.15, 0.2) is 0 Å². The van der Waals surface area contributed by atoms with Gasteiger partial charge in [0.25, 0.3) is 0 Å². The highest BCUT2D eigenvalue weighted by atomic mass is 79.9. The van der Waals surface area contributed by atoms with Gasteiger partial charge in [-0.05, 0) is 69.6 Å². The molecule has 3 nitrogen and oxygen atoms in total. The second-order valence-corrected chi connectivity index (χ2v) is 9.61. The maximum absolute atomic E-state index is 6.20. The molecule has 5 rings (SSSR count). The molecule has 2 heterocycles. The van der Waals surface area contributed by atoms with Gasteiger partial charge in [0.1, 0.15) is 0 Å². The van der Waals surface area contributed by atoms with Crippen LogP contribution < -0.4 is 5.46 Å². The van der Waals surface area contributed by atoms with Crippen molar-refractivity contribution >= 4 is 50.3 Å². The van der Waals surface area contributed by atoms with Crippen LogP contribution in [-0.2, 0) is 9.31 Å². The summed E-state index contributed by atoms with van der Waals surface area (Å²) >= 11 is 3.61. The Morgan fingerprint density at radius 2 is 1.38 bits per heavy atom. The summed E-state index contributed by atoms with van der Waals surface area (Å²) in [6.07, 6.45) is 0. The van der Waals surface area contributed by atoms with Crippen LogP contribution in [0.25, 0.3) is 27.5 Å². The lowest BCUT2D eigenvalue weighted by molar-refractivity contribution is 0.00578. The first-order chi connectivity index (χ1) is 13.8. The fraction of sp³-hybridized carbons (Fsp3) is 0.250. The summed E-state index contributed by atoms with van der Waals surface area (Å²) in [6.45, 7) is 8.32. The Bertz CT molecular complexity index is 1210. The molecule has 5 heteroatoms. The number of rotatable bonds is 2. The summed E-state index contributed by atoms with van der Waals surface area (Å²) < 4.78 is 15.8. The van der Waals surface area contributed by atoms with Gasteiger partial charge in [-0.1, -0.05) is 46.3 Å². The Morgan fingerprint density at radius 3 is 2.07 bits per heavy atom. The topological polar surface area (TPSA) is 23.4 Å². The van der Waals surface area contributed by atoms with Crippen molar-refractivity contribution < 1.29 is 9.31 Å². The second-order valence-electron chi connectivity index (χ2n) is 8.69. The van der Waals surface area contributed by atoms with Crippen LogP contribution in [0.15, 0.2) is 71.2 Å². The standard InChI is InChI=1S/C24H23BBrNO2/c1-23(2)24(3,4)29-25(28-23)16-9-12-18(13-10-16)27-21-8-6-5-7-19(21)20-15-17(26)11-14-22(20)27/h5-15H,1-4H3. The molecule has 146 valence electrons. The first kappa shape index (κ1) is 18.9. The van der Waals surface area contributed by atoms with E-state index < -0.39 is 0 Å². The number of hydrogen-bond donors (Lipinski definition) is 0. The van der Waals surface area contributed by atoms with Gasteiger partial charge >= 0.3 is 7.12 Å². The Hall–Kier alpha value is -2.08. The molecule has 0 aliphatic carbocycles. The average molecular weight is 448 g/mol. The molecule has 1 aromatic heterocycles. The smallest absolute Gasteiger partial charge is 0.399 e. The predicted octanol–water partition coefficient (Wildman–Crippen LogP) is 5.85. The number of hydrogen-bond acceptors (Lipinski definition) is 2. The van der Waals surface area contributed by atoms with E-state index in [1.807, 2.05) is 0 Å². The fourth-order valence-corrected chi connectivity index (χ4v) is 4.34. The molecule has 1 aliphatic heterocycles. The van der Waals surface area contributed by atoms with Crippen LogP contribution in [0.1, 0.15) is 27.7 Å². The Kier molecular flexibility index (Phi) is 4.22. The van der Waals surface area contributed by atoms with Gasteiger partial charge in [0.2, 0.25) is 0 Å². The molecule has 0 unspecified atom stereocenters. The molecule has 0 radical (unpaired) electrons. The molecule has 29 heavy (non-hydrogen) atoms. The lowest BCUT2D eigenvalue weighted by Gasteiger charge is -2.32. The highest BCUT2D eigenvalue weighted by molar-refractivity contribution is 9.10. The van der Waals surface area contributed by atoms with Crippen molar-refractivity contribution in [2.75, 3.05) is 0 Å². The van der Waals surface area contributed by atoms with Gasteiger partial charge in [-0.3, -0.25) is 0 Å². The first-order valence-corrected chi connectivity index (χ1v) is 10.7. The van der Waals surface area contributed by atoms with Crippen LogP contribution in [0.5, 0.6) is 0 Å². The molecule has 0 amide bonds. The van der Waals surface area contributed by atoms with Crippen LogP contribution in [0, 0.1) is 0 Å². The molecule has 4 aromatic rings. The molecule has 1 aliphatic rings. The number of nitrogens with zero attached hydrogens (tertiary/aromatic N) is 1. The van der Waals surface area contributed by atoms with Crippen LogP contribution >= 0.6 is 15.9 Å². The zero-order valence-electron chi connectivity index (χ0n) is 17.1. The third-order valence-corrected chi connectivity index (χ3v) is 6.80. The highest BCUT2D eigenvalue weighted by Gasteiger charge is 2.51. The lowest BCUT2D eigenvalue weighted by atomic mass is 9.79. The first-order valence-electron chi connectivity index (χ1n) is 9.91. The van der Waals surface area contributed by atoms with Gasteiger partial charge in [-0.15, -0.1) is 0 Å². The van der Waals surface area contributed by atoms with Crippen molar-refractivity contribution in [2.45, 2.75) is 38.9 Å². The molecule has 0 spiro atoms. The molecule has 3 aromatic carbocycles. The number of fused-ring (bicyclic) bond motifs is 3. The molecular formula is C24H23BBrNO2. The Labute approximate surface area is 179 Å². The molecule has 1 fully saturated rings. The molecule has 0 atom stereocenters. The minimum Gasteiger partial charge on any atom is -0.399 e. The van der Waals surface area contributed by atoms with Gasteiger partial charge in [0, 0.05) is 20.9 Å². The van der Waals surface area contributed by atoms with Gasteiger partial charge < -0.3 is 13.9 Å². The van der Waals surface area contributed by atoms with E-state index in [2.05, 4.69) is 115 Å². The molecular weight excluding hydrogens is 425 g/mol. The third kappa shape index (κ3) is 2.95. The van der Waals surface area contributed by atoms with E-state index >= 15 is 0 Å². The summed E-state index contributed by atoms with van der Waals surface area (Å²) in [6, 6.07) is 23.5. The van der Waals surface area contributed by atoms with E-state index in [1.165, 1.54) is 21.8 Å². The van der Waals surface area contributed by atoms with Crippen molar-refractivity contribution in [3.05, 3.63) is 71.2 Å². The summed E-state index contributed by atoms with van der Waals surface area (Å²) in [5.74, 6) is 0. The van der Waals surface area contributed by atoms with E-state index in [0.717, 1.165) is 15.6 Å². The normalized spacial score (nSPS) is 18.0. The molecule has 0 saturated carbocycles. The minimum atomic E-state index is -0.344. The summed E-state index contributed by atoms with van der Waals surface area (Å²) in [5.41, 5.74) is 3.88. The SMILES string of the molecule is CC1(C)OB(c2ccc(-n3c4ccccc4c4cc(Br)ccc43)cc2)OC1(C)C. The quantitative estimate of drug-likeness (QED) is 0.360. The number of para-hydroxylation sites is 1. The van der Waals surface area contributed by atoms with E-state index in [9.17, 15) is 0 Å². The van der Waals surface area contributed by atoms with Crippen molar-refractivity contribution in [3.8, 4) is 5.69 Å². The zero-order valence-corrected chi connectivity index (χ0v) is 18.7. The highest BCUT2D eigenvalue weighted by Crippen LogP contribution is 2.37. The molecule has 1 saturated heterocycles. The van der Waals surface area contributed by atoms with Crippen LogP contribution in [0.2, 0.25) is 0 Å². The van der Waals surface area contributed by atoms with Gasteiger partial charge in [0.05, 0.1) is 22.2 Å². The summed E-state index contributed by atoms with van der Waals surface area (Å²) in [4.78, 5) is 0. The monoisotopic (exact) mass is 447 g/mol. The van der Waals surface area contributed by atoms with E-state index in [1.54, 1.807) is 0 Å².